The fraction of sp³-hybridized carbons (Fsp3) is 0.304. The lowest BCUT2D eigenvalue weighted by Crippen LogP contribution is -2.30. The van der Waals surface area contributed by atoms with Crippen LogP contribution in [0.1, 0.15) is 28.1 Å². The van der Waals surface area contributed by atoms with Crippen LogP contribution >= 0.6 is 0 Å². The number of carbonyl (C=O) groups is 1. The second-order valence-corrected chi connectivity index (χ2v) is 7.28. The number of furan rings is 1. The van der Waals surface area contributed by atoms with Crippen LogP contribution in [-0.4, -0.2) is 36.1 Å². The van der Waals surface area contributed by atoms with Crippen molar-refractivity contribution < 1.29 is 13.9 Å². The molecule has 156 valence electrons. The fourth-order valence-electron chi connectivity index (χ4n) is 3.44. The highest BCUT2D eigenvalue weighted by Gasteiger charge is 2.21. The molecule has 0 saturated carbocycles. The summed E-state index contributed by atoms with van der Waals surface area (Å²) in [5, 5.41) is 12.6. The van der Waals surface area contributed by atoms with Gasteiger partial charge in [-0.3, -0.25) is 9.69 Å². The third-order valence-electron chi connectivity index (χ3n) is 5.09. The Bertz CT molecular complexity index is 1060. The lowest BCUT2D eigenvalue weighted by molar-refractivity contribution is -0.117. The van der Waals surface area contributed by atoms with Gasteiger partial charge in [-0.2, -0.15) is 5.26 Å². The minimum absolute atomic E-state index is 0.185. The highest BCUT2D eigenvalue weighted by atomic mass is 16.5. The molecule has 0 aliphatic rings. The molecule has 30 heavy (non-hydrogen) atoms. The first-order valence-corrected chi connectivity index (χ1v) is 9.66. The highest BCUT2D eigenvalue weighted by molar-refractivity contribution is 5.93. The van der Waals surface area contributed by atoms with Gasteiger partial charge < -0.3 is 19.0 Å². The second-order valence-electron chi connectivity index (χ2n) is 7.28. The lowest BCUT2D eigenvalue weighted by atomic mass is 10.2. The molecule has 0 saturated heterocycles. The molecule has 0 bridgehead atoms. The van der Waals surface area contributed by atoms with Crippen LogP contribution in [0.15, 0.2) is 47.1 Å². The van der Waals surface area contributed by atoms with Gasteiger partial charge in [0, 0.05) is 12.2 Å². The van der Waals surface area contributed by atoms with Gasteiger partial charge in [0.1, 0.15) is 23.4 Å². The summed E-state index contributed by atoms with van der Waals surface area (Å²) >= 11 is 0. The predicted octanol–water partition coefficient (Wildman–Crippen LogP) is 3.70. The molecule has 0 aliphatic carbocycles. The molecule has 3 aromatic rings. The van der Waals surface area contributed by atoms with Crippen LogP contribution in [0, 0.1) is 25.2 Å². The molecule has 0 spiro atoms. The van der Waals surface area contributed by atoms with Gasteiger partial charge in [0.15, 0.2) is 0 Å². The highest BCUT2D eigenvalue weighted by Crippen LogP contribution is 2.27. The van der Waals surface area contributed by atoms with Crippen LogP contribution in [0.2, 0.25) is 0 Å². The number of ether oxygens (including phenoxy) is 1. The number of carbonyl (C=O) groups excluding carboxylic acids is 1. The first-order valence-electron chi connectivity index (χ1n) is 9.66. The summed E-state index contributed by atoms with van der Waals surface area (Å²) in [5.41, 5.74) is 3.30. The quantitative estimate of drug-likeness (QED) is 0.617. The molecule has 0 unspecified atom stereocenters. The van der Waals surface area contributed by atoms with Crippen LogP contribution in [0.5, 0.6) is 5.75 Å². The lowest BCUT2D eigenvalue weighted by Gasteiger charge is -2.18. The molecule has 1 aromatic carbocycles. The van der Waals surface area contributed by atoms with Gasteiger partial charge in [-0.1, -0.05) is 12.1 Å². The maximum Gasteiger partial charge on any atom is 0.239 e. The molecule has 2 heterocycles. The Morgan fingerprint density at radius 2 is 2.10 bits per heavy atom. The van der Waals surface area contributed by atoms with Gasteiger partial charge in [-0.05, 0) is 56.3 Å². The average molecular weight is 406 g/mol. The number of benzene rings is 1. The Hall–Kier alpha value is -3.50. The molecule has 7 nitrogen and oxygen atoms in total. The number of rotatable bonds is 8. The van der Waals surface area contributed by atoms with Crippen LogP contribution in [0.3, 0.4) is 0 Å². The predicted molar refractivity (Wildman–Crippen MR) is 114 cm³/mol. The van der Waals surface area contributed by atoms with Crippen molar-refractivity contribution in [3.8, 4) is 11.8 Å². The van der Waals surface area contributed by atoms with E-state index in [0.717, 1.165) is 28.3 Å². The monoisotopic (exact) mass is 406 g/mol. The van der Waals surface area contributed by atoms with Crippen molar-refractivity contribution in [2.24, 2.45) is 0 Å². The van der Waals surface area contributed by atoms with E-state index in [1.165, 1.54) is 0 Å². The summed E-state index contributed by atoms with van der Waals surface area (Å²) in [6.07, 6.45) is 1.61. The minimum Gasteiger partial charge on any atom is -0.497 e. The summed E-state index contributed by atoms with van der Waals surface area (Å²) in [6.45, 7) is 5.05. The summed E-state index contributed by atoms with van der Waals surface area (Å²) < 4.78 is 12.6. The SMILES string of the molecule is COc1cccc(CN(C)CC(=O)Nc2c(C#N)c(C)c(C)n2Cc2ccco2)c1. The third-order valence-corrected chi connectivity index (χ3v) is 5.09. The van der Waals surface area contributed by atoms with E-state index in [4.69, 9.17) is 9.15 Å². The van der Waals surface area contributed by atoms with Crippen molar-refractivity contribution in [1.82, 2.24) is 9.47 Å². The van der Waals surface area contributed by atoms with Crippen molar-refractivity contribution >= 4 is 11.7 Å². The number of methoxy groups -OCH3 is 1. The van der Waals surface area contributed by atoms with E-state index in [9.17, 15) is 10.1 Å². The molecule has 7 heteroatoms. The molecular weight excluding hydrogens is 380 g/mol. The number of aromatic nitrogens is 1. The Balaban J connectivity index is 1.74. The molecule has 0 atom stereocenters. The van der Waals surface area contributed by atoms with Gasteiger partial charge in [0.05, 0.1) is 32.0 Å². The Morgan fingerprint density at radius 1 is 1.30 bits per heavy atom. The fourth-order valence-corrected chi connectivity index (χ4v) is 3.44. The first kappa shape index (κ1) is 21.2. The summed E-state index contributed by atoms with van der Waals surface area (Å²) in [4.78, 5) is 14.7. The topological polar surface area (TPSA) is 83.4 Å². The normalized spacial score (nSPS) is 10.8. The van der Waals surface area contributed by atoms with Gasteiger partial charge in [0.25, 0.3) is 0 Å². The van der Waals surface area contributed by atoms with Crippen molar-refractivity contribution in [3.05, 3.63) is 70.8 Å². The molecule has 0 fully saturated rings. The number of likely N-dealkylation sites (N-methyl/N-ethyl adjacent to an activating group) is 1. The minimum atomic E-state index is -0.185. The second kappa shape index (κ2) is 9.33. The molecule has 0 aliphatic heterocycles. The molecular formula is C23H26N4O3. The van der Waals surface area contributed by atoms with Crippen molar-refractivity contribution in [2.45, 2.75) is 26.9 Å². The number of anilines is 1. The number of hydrogen-bond acceptors (Lipinski definition) is 5. The number of nitrogens with zero attached hydrogens (tertiary/aromatic N) is 3. The van der Waals surface area contributed by atoms with Crippen molar-refractivity contribution in [2.75, 3.05) is 26.0 Å². The van der Waals surface area contributed by atoms with Gasteiger partial charge in [-0.15, -0.1) is 0 Å². The van der Waals surface area contributed by atoms with Crippen LogP contribution in [0.25, 0.3) is 0 Å². The van der Waals surface area contributed by atoms with Crippen LogP contribution in [-0.2, 0) is 17.9 Å². The maximum absolute atomic E-state index is 12.8. The Morgan fingerprint density at radius 3 is 2.77 bits per heavy atom. The van der Waals surface area contributed by atoms with E-state index in [0.29, 0.717) is 24.5 Å². The molecule has 1 N–H and O–H groups in total. The van der Waals surface area contributed by atoms with E-state index in [-0.39, 0.29) is 12.5 Å². The number of nitrogens with one attached hydrogen (secondary N) is 1. The number of hydrogen-bond donors (Lipinski definition) is 1. The van der Waals surface area contributed by atoms with Crippen LogP contribution in [0.4, 0.5) is 5.82 Å². The van der Waals surface area contributed by atoms with Crippen LogP contribution < -0.4 is 10.1 Å². The third kappa shape index (κ3) is 4.73. The Labute approximate surface area is 176 Å². The van der Waals surface area contributed by atoms with Gasteiger partial charge in [0.2, 0.25) is 5.91 Å². The zero-order valence-corrected chi connectivity index (χ0v) is 17.7. The van der Waals surface area contributed by atoms with E-state index in [1.54, 1.807) is 13.4 Å². The van der Waals surface area contributed by atoms with E-state index >= 15 is 0 Å². The van der Waals surface area contributed by atoms with Crippen molar-refractivity contribution in [1.29, 1.82) is 5.26 Å². The first-order chi connectivity index (χ1) is 14.4. The van der Waals surface area contributed by atoms with Gasteiger partial charge >= 0.3 is 0 Å². The standard InChI is InChI=1S/C23H26N4O3/c1-16-17(2)27(14-20-9-6-10-30-20)23(21(16)12-24)25-22(28)15-26(3)13-18-7-5-8-19(11-18)29-4/h5-11H,13-15H2,1-4H3,(H,25,28). The zero-order valence-electron chi connectivity index (χ0n) is 17.7. The number of nitriles is 1. The number of amides is 1. The maximum atomic E-state index is 12.8. The molecule has 0 radical (unpaired) electrons. The molecule has 3 rings (SSSR count). The largest absolute Gasteiger partial charge is 0.497 e. The average Bonchev–Trinajstić information content (AvgIpc) is 3.31. The molecule has 1 amide bonds. The smallest absolute Gasteiger partial charge is 0.239 e. The molecule has 2 aromatic heterocycles. The van der Waals surface area contributed by atoms with E-state index in [1.807, 2.05) is 66.8 Å². The van der Waals surface area contributed by atoms with Gasteiger partial charge in [-0.25, -0.2) is 0 Å². The summed E-state index contributed by atoms with van der Waals surface area (Å²) in [7, 11) is 3.51. The van der Waals surface area contributed by atoms with Crippen molar-refractivity contribution in [3.63, 3.8) is 0 Å². The van der Waals surface area contributed by atoms with E-state index < -0.39 is 0 Å². The zero-order chi connectivity index (χ0) is 21.7. The Kier molecular flexibility index (Phi) is 6.60. The van der Waals surface area contributed by atoms with E-state index in [2.05, 4.69) is 11.4 Å². The summed E-state index contributed by atoms with van der Waals surface area (Å²) in [5.74, 6) is 1.85. The summed E-state index contributed by atoms with van der Waals surface area (Å²) in [6, 6.07) is 13.7.